The minimum atomic E-state index is 0.532. The van der Waals surface area contributed by atoms with Crippen molar-refractivity contribution in [3.05, 3.63) is 48.6 Å². The van der Waals surface area contributed by atoms with Crippen molar-refractivity contribution in [1.29, 1.82) is 0 Å². The Morgan fingerprint density at radius 1 is 1.20 bits per heavy atom. The molecule has 1 aromatic carbocycles. The van der Waals surface area contributed by atoms with E-state index in [0.717, 1.165) is 23.5 Å². The van der Waals surface area contributed by atoms with Crippen LogP contribution in [0.15, 0.2) is 43.0 Å². The lowest BCUT2D eigenvalue weighted by Crippen LogP contribution is -2.02. The zero-order chi connectivity index (χ0) is 10.7. The van der Waals surface area contributed by atoms with Crippen molar-refractivity contribution in [2.24, 2.45) is 0 Å². The van der Waals surface area contributed by atoms with E-state index in [0.29, 0.717) is 13.2 Å². The fourth-order valence-corrected chi connectivity index (χ4v) is 1.48. The van der Waals surface area contributed by atoms with Gasteiger partial charge in [-0.15, -0.1) is 6.58 Å². The van der Waals surface area contributed by atoms with Crippen LogP contribution in [0.5, 0.6) is 11.5 Å². The molecule has 0 spiro atoms. The highest BCUT2D eigenvalue weighted by Crippen LogP contribution is 2.31. The van der Waals surface area contributed by atoms with Crippen LogP contribution >= 0.6 is 0 Å². The molecule has 0 saturated carbocycles. The number of ether oxygens (including phenoxy) is 2. The highest BCUT2D eigenvalue weighted by Gasteiger charge is 2.11. The second-order valence-electron chi connectivity index (χ2n) is 3.60. The lowest BCUT2D eigenvalue weighted by Gasteiger charge is -2.07. The molecule has 0 saturated heterocycles. The van der Waals surface area contributed by atoms with Gasteiger partial charge in [-0.05, 0) is 29.7 Å². The number of hydrogen-bond acceptors (Lipinski definition) is 2. The zero-order valence-corrected chi connectivity index (χ0v) is 8.66. The molecule has 15 heavy (non-hydrogen) atoms. The van der Waals surface area contributed by atoms with E-state index in [-0.39, 0.29) is 0 Å². The lowest BCUT2D eigenvalue weighted by molar-refractivity contribution is 0.354. The molecule has 1 heterocycles. The van der Waals surface area contributed by atoms with Crippen LogP contribution in [0.4, 0.5) is 0 Å². The Labute approximate surface area is 89.8 Å². The summed E-state index contributed by atoms with van der Waals surface area (Å²) in [7, 11) is 0. The molecule has 0 fully saturated rings. The predicted octanol–water partition coefficient (Wildman–Crippen LogP) is 2.74. The normalized spacial score (nSPS) is 14.5. The van der Waals surface area contributed by atoms with E-state index >= 15 is 0 Å². The van der Waals surface area contributed by atoms with Crippen molar-refractivity contribution >= 4 is 0 Å². The first-order chi connectivity index (χ1) is 7.29. The summed E-state index contributed by atoms with van der Waals surface area (Å²) in [5, 5.41) is 0. The maximum absolute atomic E-state index is 5.59. The molecule has 0 unspecified atom stereocenters. The molecule has 0 atom stereocenters. The van der Waals surface area contributed by atoms with Crippen LogP contribution in [0.2, 0.25) is 0 Å². The minimum absolute atomic E-state index is 0.532. The molecule has 1 aromatic rings. The van der Waals surface area contributed by atoms with E-state index in [1.807, 2.05) is 24.3 Å². The van der Waals surface area contributed by atoms with E-state index in [4.69, 9.17) is 9.47 Å². The fraction of sp³-hybridized carbons (Fsp3) is 0.231. The van der Waals surface area contributed by atoms with Crippen molar-refractivity contribution in [3.8, 4) is 11.5 Å². The van der Waals surface area contributed by atoms with Crippen LogP contribution in [0, 0.1) is 0 Å². The van der Waals surface area contributed by atoms with Crippen LogP contribution in [0.1, 0.15) is 5.56 Å². The van der Waals surface area contributed by atoms with E-state index < -0.39 is 0 Å². The van der Waals surface area contributed by atoms with Crippen molar-refractivity contribution < 1.29 is 9.47 Å². The quantitative estimate of drug-likeness (QED) is 0.686. The number of fused-ring (bicyclic) bond motifs is 1. The van der Waals surface area contributed by atoms with E-state index in [1.54, 1.807) is 0 Å². The number of hydrogen-bond donors (Lipinski definition) is 0. The Bertz CT molecular complexity index is 394. The highest BCUT2D eigenvalue weighted by molar-refractivity contribution is 5.44. The summed E-state index contributed by atoms with van der Waals surface area (Å²) < 4.78 is 11.1. The number of rotatable bonds is 2. The predicted molar refractivity (Wildman–Crippen MR) is 60.5 cm³/mol. The van der Waals surface area contributed by atoms with Gasteiger partial charge < -0.3 is 9.47 Å². The number of benzene rings is 1. The maximum atomic E-state index is 5.59. The van der Waals surface area contributed by atoms with Crippen LogP contribution in [-0.2, 0) is 6.42 Å². The molecular weight excluding hydrogens is 188 g/mol. The van der Waals surface area contributed by atoms with Gasteiger partial charge >= 0.3 is 0 Å². The third-order valence-corrected chi connectivity index (χ3v) is 2.25. The topological polar surface area (TPSA) is 18.5 Å². The highest BCUT2D eigenvalue weighted by atomic mass is 16.5. The first-order valence-electron chi connectivity index (χ1n) is 4.95. The second-order valence-corrected chi connectivity index (χ2v) is 3.60. The average Bonchev–Trinajstić information content (AvgIpc) is 2.42. The third-order valence-electron chi connectivity index (χ3n) is 2.25. The molecule has 2 nitrogen and oxygen atoms in total. The van der Waals surface area contributed by atoms with Crippen LogP contribution < -0.4 is 9.47 Å². The molecular formula is C13H14O2. The van der Waals surface area contributed by atoms with Gasteiger partial charge in [0.25, 0.3) is 0 Å². The Hall–Kier alpha value is -1.70. The van der Waals surface area contributed by atoms with Crippen molar-refractivity contribution in [1.82, 2.24) is 0 Å². The summed E-state index contributed by atoms with van der Waals surface area (Å²) in [6.45, 7) is 8.63. The van der Waals surface area contributed by atoms with Gasteiger partial charge in [0.15, 0.2) is 11.5 Å². The summed E-state index contributed by atoms with van der Waals surface area (Å²) in [4.78, 5) is 0. The molecule has 2 rings (SSSR count). The van der Waals surface area contributed by atoms with E-state index in [1.165, 1.54) is 5.56 Å². The smallest absolute Gasteiger partial charge is 0.161 e. The first kappa shape index (κ1) is 9.84. The molecule has 1 aliphatic rings. The largest absolute Gasteiger partial charge is 0.485 e. The Morgan fingerprint density at radius 3 is 2.67 bits per heavy atom. The van der Waals surface area contributed by atoms with Gasteiger partial charge in [0.05, 0.1) is 0 Å². The Balaban J connectivity index is 2.27. The molecule has 0 radical (unpaired) electrons. The van der Waals surface area contributed by atoms with Crippen molar-refractivity contribution in [3.63, 3.8) is 0 Å². The lowest BCUT2D eigenvalue weighted by atomic mass is 10.1. The van der Waals surface area contributed by atoms with Gasteiger partial charge in [-0.25, -0.2) is 0 Å². The van der Waals surface area contributed by atoms with Crippen LogP contribution in [-0.4, -0.2) is 13.2 Å². The van der Waals surface area contributed by atoms with Crippen molar-refractivity contribution in [2.45, 2.75) is 6.42 Å². The van der Waals surface area contributed by atoms with Crippen LogP contribution in [0.3, 0.4) is 0 Å². The summed E-state index contributed by atoms with van der Waals surface area (Å²) in [6.07, 6.45) is 2.72. The zero-order valence-electron chi connectivity index (χ0n) is 8.66. The number of allylic oxidation sites excluding steroid dienone is 1. The van der Waals surface area contributed by atoms with Gasteiger partial charge in [-0.3, -0.25) is 0 Å². The summed E-state index contributed by atoms with van der Waals surface area (Å²) in [5.41, 5.74) is 2.14. The molecule has 78 valence electrons. The van der Waals surface area contributed by atoms with E-state index in [2.05, 4.69) is 13.2 Å². The molecule has 0 aromatic heterocycles. The summed E-state index contributed by atoms with van der Waals surface area (Å²) >= 11 is 0. The van der Waals surface area contributed by atoms with Crippen molar-refractivity contribution in [2.75, 3.05) is 13.2 Å². The SMILES string of the molecule is C=CCc1ccc2c(c1)OCC(=C)CO2. The third kappa shape index (κ3) is 2.21. The maximum Gasteiger partial charge on any atom is 0.161 e. The van der Waals surface area contributed by atoms with E-state index in [9.17, 15) is 0 Å². The molecule has 2 heteroatoms. The van der Waals surface area contributed by atoms with Gasteiger partial charge in [0.1, 0.15) is 13.2 Å². The molecule has 1 aliphatic heterocycles. The molecule has 0 N–H and O–H groups in total. The molecule has 0 aliphatic carbocycles. The van der Waals surface area contributed by atoms with Gasteiger partial charge in [0, 0.05) is 0 Å². The molecule has 0 amide bonds. The average molecular weight is 202 g/mol. The standard InChI is InChI=1S/C13H14O2/c1-3-4-11-5-6-12-13(7-11)15-9-10(2)8-14-12/h3,5-7H,1-2,4,8-9H2. The Morgan fingerprint density at radius 2 is 1.93 bits per heavy atom. The minimum Gasteiger partial charge on any atom is -0.485 e. The summed E-state index contributed by atoms with van der Waals surface area (Å²) in [6, 6.07) is 5.96. The molecule has 0 bridgehead atoms. The second kappa shape index (κ2) is 4.22. The monoisotopic (exact) mass is 202 g/mol. The van der Waals surface area contributed by atoms with Crippen LogP contribution in [0.25, 0.3) is 0 Å². The summed E-state index contributed by atoms with van der Waals surface area (Å²) in [5.74, 6) is 1.59. The first-order valence-corrected chi connectivity index (χ1v) is 4.95. The van der Waals surface area contributed by atoms with Gasteiger partial charge in [0.2, 0.25) is 0 Å². The van der Waals surface area contributed by atoms with Gasteiger partial charge in [-0.2, -0.15) is 0 Å². The van der Waals surface area contributed by atoms with Gasteiger partial charge in [-0.1, -0.05) is 18.7 Å². The Kier molecular flexibility index (Phi) is 2.77. The fourth-order valence-electron chi connectivity index (χ4n) is 1.48.